The second-order valence-corrected chi connectivity index (χ2v) is 6.61. The van der Waals surface area contributed by atoms with Crippen molar-refractivity contribution in [2.24, 2.45) is 0 Å². The van der Waals surface area contributed by atoms with Gasteiger partial charge in [-0.15, -0.1) is 0 Å². The van der Waals surface area contributed by atoms with Crippen molar-refractivity contribution in [1.82, 2.24) is 16.2 Å². The molecule has 0 atom stereocenters. The Morgan fingerprint density at radius 3 is 2.44 bits per heavy atom. The molecule has 0 fully saturated rings. The number of ether oxygens (including phenoxy) is 1. The van der Waals surface area contributed by atoms with Gasteiger partial charge in [0.15, 0.2) is 11.7 Å². The van der Waals surface area contributed by atoms with Crippen molar-refractivity contribution in [3.8, 4) is 5.75 Å². The van der Waals surface area contributed by atoms with E-state index in [-0.39, 0.29) is 17.6 Å². The van der Waals surface area contributed by atoms with Gasteiger partial charge in [-0.25, -0.2) is 0 Å². The Labute approximate surface area is 164 Å². The quantitative estimate of drug-likeness (QED) is 0.364. The standard InChI is InChI=1S/C17H16IN3O3S/c1-11-6-8-12(9-7-11)24-10-15(22)19-17(25)21-20-16(23)13-4-2-3-5-14(13)18/h2-9H,10H2,1H3,(H,20,23)(H2,19,21,22,25). The number of hydrogen-bond donors (Lipinski definition) is 3. The summed E-state index contributed by atoms with van der Waals surface area (Å²) in [5.41, 5.74) is 6.53. The number of amides is 2. The molecule has 0 aliphatic heterocycles. The molecule has 0 aromatic heterocycles. The molecule has 0 aliphatic carbocycles. The van der Waals surface area contributed by atoms with Gasteiger partial charge in [-0.3, -0.25) is 25.8 Å². The lowest BCUT2D eigenvalue weighted by Gasteiger charge is -2.12. The molecule has 0 saturated carbocycles. The molecule has 6 nitrogen and oxygen atoms in total. The molecule has 0 heterocycles. The monoisotopic (exact) mass is 469 g/mol. The molecule has 8 heteroatoms. The van der Waals surface area contributed by atoms with Crippen LogP contribution in [0.4, 0.5) is 0 Å². The Morgan fingerprint density at radius 2 is 1.76 bits per heavy atom. The molecule has 0 saturated heterocycles. The highest BCUT2D eigenvalue weighted by Crippen LogP contribution is 2.11. The summed E-state index contributed by atoms with van der Waals surface area (Å²) in [7, 11) is 0. The van der Waals surface area contributed by atoms with Crippen LogP contribution in [0.5, 0.6) is 5.75 Å². The van der Waals surface area contributed by atoms with Crippen LogP contribution >= 0.6 is 34.8 Å². The van der Waals surface area contributed by atoms with Crippen molar-refractivity contribution < 1.29 is 14.3 Å². The number of aryl methyl sites for hydroxylation is 1. The van der Waals surface area contributed by atoms with E-state index in [2.05, 4.69) is 38.8 Å². The van der Waals surface area contributed by atoms with Gasteiger partial charge in [-0.2, -0.15) is 0 Å². The van der Waals surface area contributed by atoms with Crippen LogP contribution < -0.4 is 20.9 Å². The van der Waals surface area contributed by atoms with Crippen LogP contribution in [0, 0.1) is 10.5 Å². The lowest BCUT2D eigenvalue weighted by atomic mass is 10.2. The smallest absolute Gasteiger partial charge is 0.270 e. The van der Waals surface area contributed by atoms with Gasteiger partial charge < -0.3 is 4.74 Å². The van der Waals surface area contributed by atoms with E-state index in [1.165, 1.54) is 0 Å². The zero-order valence-electron chi connectivity index (χ0n) is 13.3. The molecule has 0 spiro atoms. The number of benzene rings is 2. The van der Waals surface area contributed by atoms with Crippen LogP contribution in [0.3, 0.4) is 0 Å². The minimum absolute atomic E-state index is 0.0169. The van der Waals surface area contributed by atoms with E-state index in [0.29, 0.717) is 11.3 Å². The lowest BCUT2D eigenvalue weighted by Crippen LogP contribution is -2.49. The summed E-state index contributed by atoms with van der Waals surface area (Å²) < 4.78 is 6.15. The topological polar surface area (TPSA) is 79.5 Å². The highest BCUT2D eigenvalue weighted by atomic mass is 127. The summed E-state index contributed by atoms with van der Waals surface area (Å²) in [5, 5.41) is 2.41. The maximum Gasteiger partial charge on any atom is 0.270 e. The van der Waals surface area contributed by atoms with Crippen LogP contribution in [0.2, 0.25) is 0 Å². The number of rotatable bonds is 4. The van der Waals surface area contributed by atoms with Gasteiger partial charge in [-0.1, -0.05) is 29.8 Å². The molecule has 2 aromatic rings. The molecule has 0 aliphatic rings. The molecule has 130 valence electrons. The number of nitrogens with one attached hydrogen (secondary N) is 3. The maximum atomic E-state index is 12.0. The third kappa shape index (κ3) is 6.31. The minimum Gasteiger partial charge on any atom is -0.484 e. The zero-order valence-corrected chi connectivity index (χ0v) is 16.3. The van der Waals surface area contributed by atoms with E-state index in [1.54, 1.807) is 24.3 Å². The van der Waals surface area contributed by atoms with E-state index in [1.807, 2.05) is 31.2 Å². The van der Waals surface area contributed by atoms with Crippen LogP contribution in [-0.2, 0) is 4.79 Å². The normalized spacial score (nSPS) is 9.84. The first-order valence-electron chi connectivity index (χ1n) is 7.30. The van der Waals surface area contributed by atoms with E-state index in [9.17, 15) is 9.59 Å². The van der Waals surface area contributed by atoms with Crippen molar-refractivity contribution in [2.45, 2.75) is 6.92 Å². The molecule has 0 radical (unpaired) electrons. The number of hydrogen-bond acceptors (Lipinski definition) is 4. The Balaban J connectivity index is 1.74. The van der Waals surface area contributed by atoms with E-state index < -0.39 is 5.91 Å². The third-order valence-corrected chi connectivity index (χ3v) is 4.20. The second kappa shape index (κ2) is 9.33. The molecular formula is C17H16IN3O3S. The van der Waals surface area contributed by atoms with Crippen LogP contribution in [0.25, 0.3) is 0 Å². The summed E-state index contributed by atoms with van der Waals surface area (Å²) in [5.74, 6) is -0.189. The molecule has 3 N–H and O–H groups in total. The van der Waals surface area contributed by atoms with E-state index >= 15 is 0 Å². The van der Waals surface area contributed by atoms with Crippen molar-refractivity contribution in [3.05, 3.63) is 63.2 Å². The Hall–Kier alpha value is -2.20. The fraction of sp³-hybridized carbons (Fsp3) is 0.118. The maximum absolute atomic E-state index is 12.0. The highest BCUT2D eigenvalue weighted by molar-refractivity contribution is 14.1. The van der Waals surface area contributed by atoms with E-state index in [0.717, 1.165) is 9.13 Å². The Morgan fingerprint density at radius 1 is 1.08 bits per heavy atom. The Kier molecular flexibility index (Phi) is 7.14. The van der Waals surface area contributed by atoms with Gasteiger partial charge in [0.1, 0.15) is 5.75 Å². The predicted molar refractivity (Wildman–Crippen MR) is 107 cm³/mol. The van der Waals surface area contributed by atoms with Crippen LogP contribution in [0.1, 0.15) is 15.9 Å². The van der Waals surface area contributed by atoms with Gasteiger partial charge in [0.2, 0.25) is 0 Å². The third-order valence-electron chi connectivity index (χ3n) is 3.05. The molecule has 2 rings (SSSR count). The van der Waals surface area contributed by atoms with Crippen molar-refractivity contribution in [2.75, 3.05) is 6.61 Å². The SMILES string of the molecule is Cc1ccc(OCC(=O)NC(=S)NNC(=O)c2ccccc2I)cc1. The van der Waals surface area contributed by atoms with Gasteiger partial charge in [0.25, 0.3) is 11.8 Å². The van der Waals surface area contributed by atoms with Gasteiger partial charge in [0, 0.05) is 3.57 Å². The number of carbonyl (C=O) groups excluding carboxylic acids is 2. The molecule has 25 heavy (non-hydrogen) atoms. The van der Waals surface area contributed by atoms with Crippen LogP contribution in [-0.4, -0.2) is 23.5 Å². The summed E-state index contributed by atoms with van der Waals surface area (Å²) >= 11 is 7.03. The summed E-state index contributed by atoms with van der Waals surface area (Å²) in [6, 6.07) is 14.4. The largest absolute Gasteiger partial charge is 0.484 e. The lowest BCUT2D eigenvalue weighted by molar-refractivity contribution is -0.121. The number of thiocarbonyl (C=S) groups is 1. The Bertz CT molecular complexity index is 781. The molecule has 2 aromatic carbocycles. The zero-order chi connectivity index (χ0) is 18.2. The first kappa shape index (κ1) is 19.1. The summed E-state index contributed by atoms with van der Waals surface area (Å²) in [6.45, 7) is 1.78. The predicted octanol–water partition coefficient (Wildman–Crippen LogP) is 2.31. The second-order valence-electron chi connectivity index (χ2n) is 5.04. The average molecular weight is 469 g/mol. The minimum atomic E-state index is -0.429. The number of halogens is 1. The van der Waals surface area contributed by atoms with Gasteiger partial charge >= 0.3 is 0 Å². The highest BCUT2D eigenvalue weighted by Gasteiger charge is 2.10. The van der Waals surface area contributed by atoms with Crippen molar-refractivity contribution >= 4 is 51.7 Å². The summed E-state index contributed by atoms with van der Waals surface area (Å²) in [4.78, 5) is 23.8. The average Bonchev–Trinajstić information content (AvgIpc) is 2.59. The molecule has 2 amide bonds. The molecular weight excluding hydrogens is 453 g/mol. The first-order chi connectivity index (χ1) is 12.0. The van der Waals surface area contributed by atoms with Crippen LogP contribution in [0.15, 0.2) is 48.5 Å². The number of carbonyl (C=O) groups is 2. The van der Waals surface area contributed by atoms with Gasteiger partial charge in [0.05, 0.1) is 5.56 Å². The summed E-state index contributed by atoms with van der Waals surface area (Å²) in [6.07, 6.45) is 0. The van der Waals surface area contributed by atoms with Gasteiger partial charge in [-0.05, 0) is 66.0 Å². The fourth-order valence-electron chi connectivity index (χ4n) is 1.80. The first-order valence-corrected chi connectivity index (χ1v) is 8.78. The van der Waals surface area contributed by atoms with Crippen molar-refractivity contribution in [3.63, 3.8) is 0 Å². The molecule has 0 unspecified atom stereocenters. The van der Waals surface area contributed by atoms with E-state index in [4.69, 9.17) is 17.0 Å². The molecule has 0 bridgehead atoms. The van der Waals surface area contributed by atoms with Crippen molar-refractivity contribution in [1.29, 1.82) is 0 Å². The fourth-order valence-corrected chi connectivity index (χ4v) is 2.60. The number of hydrazine groups is 1.